The summed E-state index contributed by atoms with van der Waals surface area (Å²) in [6, 6.07) is 12.6. The highest BCUT2D eigenvalue weighted by Crippen LogP contribution is 2.39. The highest BCUT2D eigenvalue weighted by atomic mass is 32.1. The van der Waals surface area contributed by atoms with Gasteiger partial charge in [0.05, 0.1) is 11.3 Å². The van der Waals surface area contributed by atoms with Crippen molar-refractivity contribution in [2.45, 2.75) is 6.18 Å². The number of hydrogen-bond donors (Lipinski definition) is 1. The smallest absolute Gasteiger partial charge is 0.416 e. The Balaban J connectivity index is 1.86. The van der Waals surface area contributed by atoms with E-state index >= 15 is 0 Å². The summed E-state index contributed by atoms with van der Waals surface area (Å²) in [7, 11) is 0. The Bertz CT molecular complexity index is 989. The zero-order valence-corrected chi connectivity index (χ0v) is 13.5. The van der Waals surface area contributed by atoms with Crippen LogP contribution < -0.4 is 5.32 Å². The van der Waals surface area contributed by atoms with Crippen LogP contribution in [-0.2, 0) is 6.18 Å². The lowest BCUT2D eigenvalue weighted by Gasteiger charge is -2.12. The van der Waals surface area contributed by atoms with E-state index in [2.05, 4.69) is 10.3 Å². The fourth-order valence-corrected chi connectivity index (χ4v) is 3.09. The Kier molecular flexibility index (Phi) is 3.73. The van der Waals surface area contributed by atoms with Gasteiger partial charge < -0.3 is 9.73 Å². The molecule has 2 aromatic carbocycles. The summed E-state index contributed by atoms with van der Waals surface area (Å²) < 4.78 is 45.2. The molecule has 0 radical (unpaired) electrons. The highest BCUT2D eigenvalue weighted by molar-refractivity contribution is 7.13. The Hall–Kier alpha value is -2.80. The molecule has 126 valence electrons. The van der Waals surface area contributed by atoms with Gasteiger partial charge in [0.1, 0.15) is 11.3 Å². The largest absolute Gasteiger partial charge is 0.456 e. The zero-order valence-electron chi connectivity index (χ0n) is 12.7. The Labute approximate surface area is 144 Å². The van der Waals surface area contributed by atoms with Crippen molar-refractivity contribution in [3.05, 3.63) is 65.7 Å². The van der Waals surface area contributed by atoms with Gasteiger partial charge in [0, 0.05) is 22.5 Å². The van der Waals surface area contributed by atoms with E-state index in [9.17, 15) is 13.2 Å². The number of furan rings is 1. The molecule has 3 nitrogen and oxygen atoms in total. The van der Waals surface area contributed by atoms with Crippen LogP contribution in [0.4, 0.5) is 24.0 Å². The summed E-state index contributed by atoms with van der Waals surface area (Å²) in [5, 5.41) is 6.26. The molecule has 0 unspecified atom stereocenters. The number of anilines is 2. The molecule has 0 spiro atoms. The van der Waals surface area contributed by atoms with E-state index in [1.165, 1.54) is 17.4 Å². The second-order valence-corrected chi connectivity index (χ2v) is 6.26. The molecule has 2 heterocycles. The maximum absolute atomic E-state index is 13.1. The number of aromatic nitrogens is 1. The lowest BCUT2D eigenvalue weighted by atomic mass is 10.1. The molecular formula is C18H11F3N2OS. The van der Waals surface area contributed by atoms with Crippen molar-refractivity contribution in [1.82, 2.24) is 4.98 Å². The molecule has 4 aromatic rings. The number of nitrogens with zero attached hydrogens (tertiary/aromatic N) is 1. The lowest BCUT2D eigenvalue weighted by Crippen LogP contribution is -2.05. The number of halogens is 3. The van der Waals surface area contributed by atoms with Crippen molar-refractivity contribution < 1.29 is 17.6 Å². The van der Waals surface area contributed by atoms with Gasteiger partial charge in [-0.1, -0.05) is 18.2 Å². The van der Waals surface area contributed by atoms with Gasteiger partial charge in [-0.05, 0) is 30.3 Å². The molecular weight excluding hydrogens is 349 g/mol. The summed E-state index contributed by atoms with van der Waals surface area (Å²) in [4.78, 5) is 4.11. The molecule has 0 aliphatic carbocycles. The van der Waals surface area contributed by atoms with Gasteiger partial charge in [-0.15, -0.1) is 11.3 Å². The third-order valence-corrected chi connectivity index (χ3v) is 4.40. The van der Waals surface area contributed by atoms with E-state index in [0.717, 1.165) is 17.5 Å². The number of fused-ring (bicyclic) bond motifs is 1. The van der Waals surface area contributed by atoms with Crippen LogP contribution >= 0.6 is 11.3 Å². The van der Waals surface area contributed by atoms with Crippen LogP contribution in [0.15, 0.2) is 64.5 Å². The second-order valence-electron chi connectivity index (χ2n) is 5.37. The van der Waals surface area contributed by atoms with Crippen molar-refractivity contribution in [3.8, 4) is 11.3 Å². The third kappa shape index (κ3) is 3.10. The molecule has 0 saturated carbocycles. The van der Waals surface area contributed by atoms with Gasteiger partial charge in [-0.25, -0.2) is 4.98 Å². The van der Waals surface area contributed by atoms with Crippen molar-refractivity contribution in [1.29, 1.82) is 0 Å². The van der Waals surface area contributed by atoms with E-state index in [1.54, 1.807) is 23.7 Å². The predicted molar refractivity (Wildman–Crippen MR) is 92.0 cm³/mol. The molecule has 0 amide bonds. The first kappa shape index (κ1) is 15.7. The van der Waals surface area contributed by atoms with Crippen LogP contribution in [0, 0.1) is 0 Å². The van der Waals surface area contributed by atoms with E-state index in [0.29, 0.717) is 27.7 Å². The molecule has 0 fully saturated rings. The minimum Gasteiger partial charge on any atom is -0.456 e. The Morgan fingerprint density at radius 2 is 1.88 bits per heavy atom. The van der Waals surface area contributed by atoms with Gasteiger partial charge >= 0.3 is 6.18 Å². The number of alkyl halides is 3. The SMILES string of the molecule is FC(F)(F)c1ccc(Nc2nccs2)c(-c2cc3ccccc3o2)c1. The van der Waals surface area contributed by atoms with Gasteiger partial charge in [0.15, 0.2) is 5.13 Å². The number of hydrogen-bond acceptors (Lipinski definition) is 4. The fraction of sp³-hybridized carbons (Fsp3) is 0.0556. The number of benzene rings is 2. The molecule has 4 rings (SSSR count). The van der Waals surface area contributed by atoms with Crippen molar-refractivity contribution in [3.63, 3.8) is 0 Å². The normalized spacial score (nSPS) is 11.8. The van der Waals surface area contributed by atoms with E-state index in [4.69, 9.17) is 4.42 Å². The van der Waals surface area contributed by atoms with Crippen LogP contribution in [-0.4, -0.2) is 4.98 Å². The highest BCUT2D eigenvalue weighted by Gasteiger charge is 2.31. The molecule has 7 heteroatoms. The maximum atomic E-state index is 13.1. The summed E-state index contributed by atoms with van der Waals surface area (Å²) in [6.07, 6.45) is -2.81. The summed E-state index contributed by atoms with van der Waals surface area (Å²) in [6.45, 7) is 0. The maximum Gasteiger partial charge on any atom is 0.416 e. The first-order valence-electron chi connectivity index (χ1n) is 7.37. The first-order chi connectivity index (χ1) is 12.0. The minimum atomic E-state index is -4.43. The number of para-hydroxylation sites is 1. The molecule has 2 aromatic heterocycles. The van der Waals surface area contributed by atoms with Crippen LogP contribution in [0.2, 0.25) is 0 Å². The Morgan fingerprint density at radius 3 is 2.60 bits per heavy atom. The third-order valence-electron chi connectivity index (χ3n) is 3.71. The van der Waals surface area contributed by atoms with E-state index in [1.807, 2.05) is 18.2 Å². The van der Waals surface area contributed by atoms with Crippen LogP contribution in [0.3, 0.4) is 0 Å². The van der Waals surface area contributed by atoms with Gasteiger partial charge in [-0.2, -0.15) is 13.2 Å². The number of nitrogens with one attached hydrogen (secondary N) is 1. The summed E-state index contributed by atoms with van der Waals surface area (Å²) >= 11 is 1.36. The fourth-order valence-electron chi connectivity index (χ4n) is 2.55. The molecule has 0 atom stereocenters. The zero-order chi connectivity index (χ0) is 17.4. The van der Waals surface area contributed by atoms with Crippen molar-refractivity contribution in [2.75, 3.05) is 5.32 Å². The van der Waals surface area contributed by atoms with Crippen LogP contribution in [0.5, 0.6) is 0 Å². The minimum absolute atomic E-state index is 0.334. The predicted octanol–water partition coefficient (Wildman–Crippen LogP) is 6.32. The Morgan fingerprint density at radius 1 is 1.04 bits per heavy atom. The van der Waals surface area contributed by atoms with Gasteiger partial charge in [-0.3, -0.25) is 0 Å². The average Bonchev–Trinajstić information content (AvgIpc) is 3.23. The second kappa shape index (κ2) is 5.93. The van der Waals surface area contributed by atoms with E-state index < -0.39 is 11.7 Å². The summed E-state index contributed by atoms with van der Waals surface area (Å²) in [5.41, 5.74) is 0.728. The van der Waals surface area contributed by atoms with Crippen molar-refractivity contribution >= 4 is 33.1 Å². The standard InChI is InChI=1S/C18H11F3N2OS/c19-18(20,21)12-5-6-14(23-17-22-7-8-25-17)13(10-12)16-9-11-3-1-2-4-15(11)24-16/h1-10H,(H,22,23). The molecule has 0 aliphatic heterocycles. The molecule has 0 bridgehead atoms. The van der Waals surface area contributed by atoms with Gasteiger partial charge in [0.25, 0.3) is 0 Å². The number of thiazole rings is 1. The van der Waals surface area contributed by atoms with Crippen LogP contribution in [0.1, 0.15) is 5.56 Å². The topological polar surface area (TPSA) is 38.1 Å². The monoisotopic (exact) mass is 360 g/mol. The van der Waals surface area contributed by atoms with Crippen LogP contribution in [0.25, 0.3) is 22.3 Å². The molecule has 0 aliphatic rings. The number of rotatable bonds is 3. The quantitative estimate of drug-likeness (QED) is 0.465. The van der Waals surface area contributed by atoms with Crippen molar-refractivity contribution in [2.24, 2.45) is 0 Å². The molecule has 0 saturated heterocycles. The first-order valence-corrected chi connectivity index (χ1v) is 8.25. The lowest BCUT2D eigenvalue weighted by molar-refractivity contribution is -0.137. The molecule has 25 heavy (non-hydrogen) atoms. The average molecular weight is 360 g/mol. The molecule has 1 N–H and O–H groups in total. The van der Waals surface area contributed by atoms with Gasteiger partial charge in [0.2, 0.25) is 0 Å². The summed E-state index contributed by atoms with van der Waals surface area (Å²) in [5.74, 6) is 0.367. The van der Waals surface area contributed by atoms with E-state index in [-0.39, 0.29) is 0 Å².